The molecule has 0 saturated carbocycles. The molecule has 34 heavy (non-hydrogen) atoms. The van der Waals surface area contributed by atoms with Gasteiger partial charge in [0.25, 0.3) is 5.56 Å². The van der Waals surface area contributed by atoms with Crippen LogP contribution in [0.4, 0.5) is 0 Å². The van der Waals surface area contributed by atoms with Gasteiger partial charge in [-0.15, -0.1) is 0 Å². The number of hydrogen-bond acceptors (Lipinski definition) is 4. The highest BCUT2D eigenvalue weighted by Crippen LogP contribution is 2.23. The van der Waals surface area contributed by atoms with Crippen LogP contribution in [0.5, 0.6) is 0 Å². The van der Waals surface area contributed by atoms with E-state index in [1.807, 2.05) is 61.7 Å². The summed E-state index contributed by atoms with van der Waals surface area (Å²) in [4.78, 5) is 29.0. The quantitative estimate of drug-likeness (QED) is 0.392. The van der Waals surface area contributed by atoms with Crippen molar-refractivity contribution in [1.29, 1.82) is 0 Å². The van der Waals surface area contributed by atoms with Crippen molar-refractivity contribution in [2.45, 2.75) is 26.8 Å². The lowest BCUT2D eigenvalue weighted by molar-refractivity contribution is -0.121. The van der Waals surface area contributed by atoms with E-state index in [2.05, 4.69) is 20.5 Å². The molecular formula is C25H23ClN6O2. The van der Waals surface area contributed by atoms with Crippen molar-refractivity contribution in [3.63, 3.8) is 0 Å². The number of benzene rings is 2. The Kier molecular flexibility index (Phi) is 5.67. The van der Waals surface area contributed by atoms with Crippen LogP contribution in [-0.2, 0) is 17.8 Å². The Labute approximate surface area is 200 Å². The van der Waals surface area contributed by atoms with Gasteiger partial charge in [0.15, 0.2) is 0 Å². The first-order valence-corrected chi connectivity index (χ1v) is 11.3. The van der Waals surface area contributed by atoms with Crippen molar-refractivity contribution in [1.82, 2.24) is 29.9 Å². The Bertz CT molecular complexity index is 1580. The third-order valence-corrected chi connectivity index (χ3v) is 6.15. The van der Waals surface area contributed by atoms with Gasteiger partial charge in [-0.3, -0.25) is 9.59 Å². The second-order valence-corrected chi connectivity index (χ2v) is 8.64. The molecule has 2 N–H and O–H groups in total. The first-order valence-electron chi connectivity index (χ1n) is 11.0. The van der Waals surface area contributed by atoms with Gasteiger partial charge in [0.1, 0.15) is 12.1 Å². The zero-order valence-corrected chi connectivity index (χ0v) is 19.6. The molecule has 0 spiro atoms. The van der Waals surface area contributed by atoms with Gasteiger partial charge in [-0.05, 0) is 56.2 Å². The molecule has 5 rings (SSSR count). The summed E-state index contributed by atoms with van der Waals surface area (Å²) < 4.78 is 2.95. The lowest BCUT2D eigenvalue weighted by atomic mass is 10.1. The van der Waals surface area contributed by atoms with Crippen LogP contribution < -0.4 is 10.9 Å². The predicted octanol–water partition coefficient (Wildman–Crippen LogP) is 3.69. The van der Waals surface area contributed by atoms with Crippen molar-refractivity contribution in [3.05, 3.63) is 87.1 Å². The zero-order chi connectivity index (χ0) is 23.8. The van der Waals surface area contributed by atoms with Crippen LogP contribution in [0.1, 0.15) is 17.0 Å². The number of hydrogen-bond donors (Lipinski definition) is 2. The molecule has 3 aromatic heterocycles. The molecule has 2 aromatic carbocycles. The normalized spacial score (nSPS) is 11.4. The molecular weight excluding hydrogens is 452 g/mol. The standard InChI is InChI=1S/C25H23ClN6O2/c1-15-24-23(16(2)32(30-24)19-6-4-3-5-7-19)25(34)31(29-15)14-22(33)27-11-10-17-13-28-21-9-8-18(26)12-20(17)21/h3-9,12-13,28H,10-11,14H2,1-2H3,(H,27,33). The summed E-state index contributed by atoms with van der Waals surface area (Å²) in [6, 6.07) is 15.3. The molecule has 3 heterocycles. The van der Waals surface area contributed by atoms with Crippen molar-refractivity contribution >= 4 is 39.3 Å². The Morgan fingerprint density at radius 3 is 2.71 bits per heavy atom. The van der Waals surface area contributed by atoms with Crippen LogP contribution in [0.15, 0.2) is 59.5 Å². The van der Waals surface area contributed by atoms with Crippen molar-refractivity contribution in [3.8, 4) is 5.69 Å². The van der Waals surface area contributed by atoms with Crippen LogP contribution in [0.2, 0.25) is 5.02 Å². The van der Waals surface area contributed by atoms with E-state index in [9.17, 15) is 9.59 Å². The summed E-state index contributed by atoms with van der Waals surface area (Å²) >= 11 is 6.11. The van der Waals surface area contributed by atoms with E-state index in [1.165, 1.54) is 4.68 Å². The number of aromatic amines is 1. The molecule has 172 valence electrons. The van der Waals surface area contributed by atoms with Crippen molar-refractivity contribution in [2.75, 3.05) is 6.54 Å². The monoisotopic (exact) mass is 474 g/mol. The van der Waals surface area contributed by atoms with Gasteiger partial charge in [0.05, 0.1) is 22.5 Å². The van der Waals surface area contributed by atoms with Gasteiger partial charge >= 0.3 is 0 Å². The predicted molar refractivity (Wildman–Crippen MR) is 133 cm³/mol. The summed E-state index contributed by atoms with van der Waals surface area (Å²) in [5.74, 6) is -0.278. The summed E-state index contributed by atoms with van der Waals surface area (Å²) in [7, 11) is 0. The Morgan fingerprint density at radius 2 is 1.91 bits per heavy atom. The number of para-hydroxylation sites is 1. The summed E-state index contributed by atoms with van der Waals surface area (Å²) in [5.41, 5.74) is 4.44. The average molecular weight is 475 g/mol. The fraction of sp³-hybridized carbons (Fsp3) is 0.200. The van der Waals surface area contributed by atoms with E-state index in [4.69, 9.17) is 11.6 Å². The van der Waals surface area contributed by atoms with Gasteiger partial charge in [-0.25, -0.2) is 9.36 Å². The van der Waals surface area contributed by atoms with Crippen LogP contribution in [0.25, 0.3) is 27.5 Å². The first-order chi connectivity index (χ1) is 16.4. The summed E-state index contributed by atoms with van der Waals surface area (Å²) in [5, 5.41) is 14.0. The lowest BCUT2D eigenvalue weighted by Gasteiger charge is -2.08. The van der Waals surface area contributed by atoms with Crippen LogP contribution >= 0.6 is 11.6 Å². The second-order valence-electron chi connectivity index (χ2n) is 8.21. The van der Waals surface area contributed by atoms with Gasteiger partial charge in [0, 0.05) is 28.7 Å². The number of aromatic nitrogens is 5. The van der Waals surface area contributed by atoms with Crippen LogP contribution in [0, 0.1) is 13.8 Å². The maximum absolute atomic E-state index is 13.2. The van der Waals surface area contributed by atoms with E-state index < -0.39 is 0 Å². The van der Waals surface area contributed by atoms with E-state index >= 15 is 0 Å². The van der Waals surface area contributed by atoms with E-state index in [1.54, 1.807) is 11.6 Å². The molecule has 5 aromatic rings. The molecule has 8 nitrogen and oxygen atoms in total. The number of H-pyrrole nitrogens is 1. The molecule has 0 atom stereocenters. The molecule has 0 fully saturated rings. The van der Waals surface area contributed by atoms with Crippen LogP contribution in [-0.4, -0.2) is 37.0 Å². The van der Waals surface area contributed by atoms with Gasteiger partial charge in [0.2, 0.25) is 5.91 Å². The number of nitrogens with one attached hydrogen (secondary N) is 2. The number of halogens is 1. The van der Waals surface area contributed by atoms with E-state index in [0.717, 1.165) is 22.2 Å². The Morgan fingerprint density at radius 1 is 1.12 bits per heavy atom. The van der Waals surface area contributed by atoms with E-state index in [0.29, 0.717) is 40.3 Å². The maximum atomic E-state index is 13.2. The average Bonchev–Trinajstić information content (AvgIpc) is 3.39. The van der Waals surface area contributed by atoms with Gasteiger partial charge < -0.3 is 10.3 Å². The molecule has 0 saturated heterocycles. The third-order valence-electron chi connectivity index (χ3n) is 5.92. The molecule has 0 aliphatic rings. The lowest BCUT2D eigenvalue weighted by Crippen LogP contribution is -2.35. The highest BCUT2D eigenvalue weighted by molar-refractivity contribution is 6.31. The Balaban J connectivity index is 1.33. The molecule has 1 amide bonds. The fourth-order valence-electron chi connectivity index (χ4n) is 4.23. The number of aryl methyl sites for hydroxylation is 2. The number of carbonyl (C=O) groups excluding carboxylic acids is 1. The smallest absolute Gasteiger partial charge is 0.278 e. The molecule has 0 bridgehead atoms. The number of nitrogens with zero attached hydrogens (tertiary/aromatic N) is 4. The SMILES string of the molecule is Cc1nn(CC(=O)NCCc2c[nH]c3ccc(Cl)cc23)c(=O)c2c(C)n(-c3ccccc3)nc12. The molecule has 0 radical (unpaired) electrons. The minimum Gasteiger partial charge on any atom is -0.361 e. The van der Waals surface area contributed by atoms with Crippen molar-refractivity contribution < 1.29 is 4.79 Å². The highest BCUT2D eigenvalue weighted by atomic mass is 35.5. The largest absolute Gasteiger partial charge is 0.361 e. The third kappa shape index (κ3) is 3.97. The van der Waals surface area contributed by atoms with Gasteiger partial charge in [-0.1, -0.05) is 29.8 Å². The minimum absolute atomic E-state index is 0.161. The zero-order valence-electron chi connectivity index (χ0n) is 18.8. The fourth-order valence-corrected chi connectivity index (χ4v) is 4.40. The van der Waals surface area contributed by atoms with Gasteiger partial charge in [-0.2, -0.15) is 10.2 Å². The molecule has 0 aliphatic carbocycles. The highest BCUT2D eigenvalue weighted by Gasteiger charge is 2.18. The minimum atomic E-state index is -0.332. The number of rotatable bonds is 6. The number of amides is 1. The number of fused-ring (bicyclic) bond motifs is 2. The molecule has 0 unspecified atom stereocenters. The molecule has 9 heteroatoms. The maximum Gasteiger partial charge on any atom is 0.278 e. The van der Waals surface area contributed by atoms with E-state index in [-0.39, 0.29) is 18.0 Å². The summed E-state index contributed by atoms with van der Waals surface area (Å²) in [6.45, 7) is 3.91. The van der Waals surface area contributed by atoms with Crippen molar-refractivity contribution in [2.24, 2.45) is 0 Å². The molecule has 0 aliphatic heterocycles. The topological polar surface area (TPSA) is 97.6 Å². The summed E-state index contributed by atoms with van der Waals surface area (Å²) in [6.07, 6.45) is 2.55. The Hall–Kier alpha value is -3.91. The van der Waals surface area contributed by atoms with Crippen LogP contribution in [0.3, 0.4) is 0 Å². The number of carbonyl (C=O) groups is 1. The second kappa shape index (κ2) is 8.79. The first kappa shape index (κ1) is 21.9.